The van der Waals surface area contributed by atoms with Gasteiger partial charge < -0.3 is 19.3 Å². The number of carboxylic acid groups (broad SMARTS) is 1. The van der Waals surface area contributed by atoms with E-state index in [1.165, 1.54) is 5.56 Å². The molecule has 1 aromatic heterocycles. The summed E-state index contributed by atoms with van der Waals surface area (Å²) in [6.45, 7) is 10.9. The molecular weight excluding hydrogens is 370 g/mol. The van der Waals surface area contributed by atoms with Crippen LogP contribution < -0.4 is 9.47 Å². The van der Waals surface area contributed by atoms with Crippen molar-refractivity contribution in [3.05, 3.63) is 53.7 Å². The molecule has 158 valence electrons. The largest absolute Gasteiger partial charge is 0.490 e. The van der Waals surface area contributed by atoms with E-state index in [1.807, 2.05) is 26.0 Å². The van der Waals surface area contributed by atoms with E-state index in [1.54, 1.807) is 18.3 Å². The number of hydrogen-bond acceptors (Lipinski definition) is 5. The van der Waals surface area contributed by atoms with Gasteiger partial charge in [-0.05, 0) is 48.6 Å². The third-order valence-electron chi connectivity index (χ3n) is 4.25. The van der Waals surface area contributed by atoms with Crippen LogP contribution in [0.4, 0.5) is 0 Å². The highest BCUT2D eigenvalue weighted by atomic mass is 16.5. The maximum absolute atomic E-state index is 11.4. The van der Waals surface area contributed by atoms with Crippen molar-refractivity contribution < 1.29 is 24.1 Å². The number of aromatic nitrogens is 1. The van der Waals surface area contributed by atoms with Crippen molar-refractivity contribution in [2.75, 3.05) is 13.2 Å². The second kappa shape index (κ2) is 10.3. The molecule has 0 aliphatic carbocycles. The Morgan fingerprint density at radius 1 is 1.07 bits per heavy atom. The Bertz CT molecular complexity index is 781. The van der Waals surface area contributed by atoms with E-state index in [9.17, 15) is 9.90 Å². The highest BCUT2D eigenvalue weighted by Gasteiger charge is 2.20. The Morgan fingerprint density at radius 2 is 1.72 bits per heavy atom. The number of pyridine rings is 1. The number of carboxylic acids is 1. The third-order valence-corrected chi connectivity index (χ3v) is 4.25. The molecule has 0 amide bonds. The number of aliphatic carboxylic acids is 1. The Labute approximate surface area is 172 Å². The van der Waals surface area contributed by atoms with Gasteiger partial charge in [0.1, 0.15) is 19.0 Å². The van der Waals surface area contributed by atoms with E-state index < -0.39 is 12.1 Å². The van der Waals surface area contributed by atoms with Crippen LogP contribution in [-0.4, -0.2) is 41.5 Å². The number of nitrogens with zero attached hydrogens (tertiary/aromatic N) is 1. The van der Waals surface area contributed by atoms with Gasteiger partial charge in [-0.15, -0.1) is 0 Å². The minimum absolute atomic E-state index is 0.109. The molecule has 0 saturated heterocycles. The molecule has 0 bridgehead atoms. The molecule has 2 aromatic rings. The lowest BCUT2D eigenvalue weighted by Gasteiger charge is -2.19. The van der Waals surface area contributed by atoms with Crippen molar-refractivity contribution in [1.82, 2.24) is 4.98 Å². The van der Waals surface area contributed by atoms with Gasteiger partial charge in [0.05, 0.1) is 6.10 Å². The molecule has 6 heteroatoms. The normalized spacial score (nSPS) is 12.6. The first kappa shape index (κ1) is 22.7. The molecule has 1 heterocycles. The maximum atomic E-state index is 11.4. The predicted octanol–water partition coefficient (Wildman–Crippen LogP) is 4.26. The van der Waals surface area contributed by atoms with E-state index in [-0.39, 0.29) is 17.9 Å². The smallest absolute Gasteiger partial charge is 0.333 e. The van der Waals surface area contributed by atoms with Crippen molar-refractivity contribution in [3.8, 4) is 11.6 Å². The second-order valence-corrected chi connectivity index (χ2v) is 8.19. The average molecular weight is 402 g/mol. The number of hydrogen-bond donors (Lipinski definition) is 1. The third kappa shape index (κ3) is 7.74. The van der Waals surface area contributed by atoms with Crippen LogP contribution in [0.1, 0.15) is 45.7 Å². The lowest BCUT2D eigenvalue weighted by atomic mass is 9.87. The van der Waals surface area contributed by atoms with E-state index >= 15 is 0 Å². The average Bonchev–Trinajstić information content (AvgIpc) is 2.64. The zero-order valence-electron chi connectivity index (χ0n) is 17.8. The van der Waals surface area contributed by atoms with Gasteiger partial charge >= 0.3 is 5.97 Å². The topological polar surface area (TPSA) is 77.9 Å². The Morgan fingerprint density at radius 3 is 2.31 bits per heavy atom. The van der Waals surface area contributed by atoms with E-state index in [0.29, 0.717) is 19.1 Å². The molecule has 0 saturated carbocycles. The fourth-order valence-corrected chi connectivity index (χ4v) is 2.75. The molecule has 0 aliphatic heterocycles. The molecular formula is C23H31NO5. The van der Waals surface area contributed by atoms with Gasteiger partial charge in [-0.2, -0.15) is 0 Å². The number of ether oxygens (including phenoxy) is 3. The molecule has 1 aromatic carbocycles. The number of benzene rings is 1. The molecule has 0 spiro atoms. The zero-order chi connectivity index (χ0) is 21.4. The maximum Gasteiger partial charge on any atom is 0.333 e. The van der Waals surface area contributed by atoms with E-state index in [4.69, 9.17) is 14.2 Å². The Kier molecular flexibility index (Phi) is 8.02. The molecule has 29 heavy (non-hydrogen) atoms. The first-order valence-corrected chi connectivity index (χ1v) is 9.84. The number of carbonyl (C=O) groups is 1. The Hall–Kier alpha value is -2.60. The highest BCUT2D eigenvalue weighted by molar-refractivity contribution is 5.72. The summed E-state index contributed by atoms with van der Waals surface area (Å²) < 4.78 is 16.8. The van der Waals surface area contributed by atoms with Crippen molar-refractivity contribution in [2.24, 2.45) is 0 Å². The zero-order valence-corrected chi connectivity index (χ0v) is 17.8. The molecule has 1 unspecified atom stereocenters. The van der Waals surface area contributed by atoms with Gasteiger partial charge in [-0.1, -0.05) is 32.9 Å². The fourth-order valence-electron chi connectivity index (χ4n) is 2.75. The quantitative estimate of drug-likeness (QED) is 0.600. The van der Waals surface area contributed by atoms with Crippen molar-refractivity contribution in [2.45, 2.75) is 58.7 Å². The van der Waals surface area contributed by atoms with Gasteiger partial charge in [0.25, 0.3) is 0 Å². The molecule has 0 fully saturated rings. The van der Waals surface area contributed by atoms with Crippen LogP contribution in [0.5, 0.6) is 11.6 Å². The van der Waals surface area contributed by atoms with E-state index in [0.717, 1.165) is 11.3 Å². The summed E-state index contributed by atoms with van der Waals surface area (Å²) >= 11 is 0. The molecule has 0 aliphatic rings. The van der Waals surface area contributed by atoms with Crippen LogP contribution in [0.25, 0.3) is 0 Å². The van der Waals surface area contributed by atoms with Crippen molar-refractivity contribution >= 4 is 5.97 Å². The van der Waals surface area contributed by atoms with Crippen LogP contribution in [0.2, 0.25) is 0 Å². The van der Waals surface area contributed by atoms with Gasteiger partial charge in [-0.3, -0.25) is 0 Å². The SMILES string of the molecule is CC(C)OC(Cc1ccnc(OCCOc2ccc(C(C)(C)C)cc2)c1)C(=O)O. The van der Waals surface area contributed by atoms with Gasteiger partial charge in [0, 0.05) is 18.7 Å². The second-order valence-electron chi connectivity index (χ2n) is 8.19. The fraction of sp³-hybridized carbons (Fsp3) is 0.478. The van der Waals surface area contributed by atoms with Gasteiger partial charge in [0.2, 0.25) is 5.88 Å². The highest BCUT2D eigenvalue weighted by Crippen LogP contribution is 2.24. The minimum atomic E-state index is -0.983. The van der Waals surface area contributed by atoms with Gasteiger partial charge in [0.15, 0.2) is 6.10 Å². The van der Waals surface area contributed by atoms with Crippen LogP contribution >= 0.6 is 0 Å². The predicted molar refractivity (Wildman–Crippen MR) is 112 cm³/mol. The lowest BCUT2D eigenvalue weighted by molar-refractivity contribution is -0.153. The van der Waals surface area contributed by atoms with Crippen LogP contribution in [-0.2, 0) is 21.4 Å². The molecule has 1 N–H and O–H groups in total. The summed E-state index contributed by atoms with van der Waals surface area (Å²) in [6, 6.07) is 11.6. The van der Waals surface area contributed by atoms with Gasteiger partial charge in [-0.25, -0.2) is 9.78 Å². The van der Waals surface area contributed by atoms with Crippen molar-refractivity contribution in [1.29, 1.82) is 0 Å². The first-order chi connectivity index (χ1) is 13.6. The van der Waals surface area contributed by atoms with Crippen molar-refractivity contribution in [3.63, 3.8) is 0 Å². The first-order valence-electron chi connectivity index (χ1n) is 9.84. The van der Waals surface area contributed by atoms with Crippen LogP contribution in [0.15, 0.2) is 42.6 Å². The summed E-state index contributed by atoms with van der Waals surface area (Å²) in [5.41, 5.74) is 2.16. The molecule has 1 atom stereocenters. The van der Waals surface area contributed by atoms with Crippen LogP contribution in [0.3, 0.4) is 0 Å². The minimum Gasteiger partial charge on any atom is -0.490 e. The number of rotatable bonds is 10. The summed E-state index contributed by atoms with van der Waals surface area (Å²) in [6.07, 6.45) is 0.793. The molecule has 6 nitrogen and oxygen atoms in total. The van der Waals surface area contributed by atoms with Crippen LogP contribution in [0, 0.1) is 0 Å². The summed E-state index contributed by atoms with van der Waals surface area (Å²) in [5.74, 6) is 0.241. The molecule has 0 radical (unpaired) electrons. The summed E-state index contributed by atoms with van der Waals surface area (Å²) in [7, 11) is 0. The van der Waals surface area contributed by atoms with E-state index in [2.05, 4.69) is 37.9 Å². The standard InChI is InChI=1S/C23H31NO5/c1-16(2)29-20(22(25)26)14-17-10-11-24-21(15-17)28-13-12-27-19-8-6-18(7-9-19)23(3,4)5/h6-11,15-16,20H,12-14H2,1-5H3,(H,25,26). The summed E-state index contributed by atoms with van der Waals surface area (Å²) in [5, 5.41) is 9.31. The molecule has 2 rings (SSSR count). The monoisotopic (exact) mass is 401 g/mol. The Balaban J connectivity index is 1.84. The lowest BCUT2D eigenvalue weighted by Crippen LogP contribution is -2.29. The summed E-state index contributed by atoms with van der Waals surface area (Å²) in [4.78, 5) is 15.5.